The second-order valence-electron chi connectivity index (χ2n) is 7.73. The van der Waals surface area contributed by atoms with Crippen molar-refractivity contribution in [2.45, 2.75) is 6.54 Å². The summed E-state index contributed by atoms with van der Waals surface area (Å²) in [5, 5.41) is 20.5. The van der Waals surface area contributed by atoms with Crippen molar-refractivity contribution in [3.05, 3.63) is 70.8 Å². The van der Waals surface area contributed by atoms with Gasteiger partial charge in [-0.1, -0.05) is 6.07 Å². The molecule has 1 aromatic heterocycles. The van der Waals surface area contributed by atoms with E-state index in [-0.39, 0.29) is 34.3 Å². The van der Waals surface area contributed by atoms with Crippen molar-refractivity contribution in [1.29, 1.82) is 5.26 Å². The number of nitrogens with one attached hydrogen (secondary N) is 1. The first-order chi connectivity index (χ1) is 17.6. The standard InChI is InChI=1S/C25H22F2N4O6/c1-31(2)25(34)15-5-4-6-16(10-15)36-23-21(26)17(12-29-13-20(32)33)22(27)24(30-23)37-19-9-14(11-28)7-8-18(19)35-3/h4-10,29H,12-13H2,1-3H3,(H,32,33). The van der Waals surface area contributed by atoms with Crippen molar-refractivity contribution < 1.29 is 37.7 Å². The minimum absolute atomic E-state index is 0.0326. The third-order valence-electron chi connectivity index (χ3n) is 4.89. The van der Waals surface area contributed by atoms with E-state index in [9.17, 15) is 14.9 Å². The number of rotatable bonds is 10. The van der Waals surface area contributed by atoms with Crippen molar-refractivity contribution in [2.24, 2.45) is 0 Å². The van der Waals surface area contributed by atoms with Crippen LogP contribution in [0.25, 0.3) is 0 Å². The number of pyridine rings is 1. The number of hydrogen-bond donors (Lipinski definition) is 2. The Kier molecular flexibility index (Phi) is 8.55. The number of carbonyl (C=O) groups is 2. The van der Waals surface area contributed by atoms with Crippen molar-refractivity contribution >= 4 is 11.9 Å². The molecule has 0 saturated carbocycles. The first-order valence-electron chi connectivity index (χ1n) is 10.7. The van der Waals surface area contributed by atoms with Crippen molar-refractivity contribution in [3.63, 3.8) is 0 Å². The number of methoxy groups -OCH3 is 1. The summed E-state index contributed by atoms with van der Waals surface area (Å²) in [6.45, 7) is -1.10. The molecule has 0 bridgehead atoms. The van der Waals surface area contributed by atoms with E-state index < -0.39 is 48.0 Å². The van der Waals surface area contributed by atoms with Gasteiger partial charge in [0.2, 0.25) is 0 Å². The fourth-order valence-electron chi connectivity index (χ4n) is 3.12. The number of aliphatic carboxylic acids is 1. The first-order valence-corrected chi connectivity index (χ1v) is 10.7. The molecule has 2 N–H and O–H groups in total. The van der Waals surface area contributed by atoms with E-state index >= 15 is 8.78 Å². The second kappa shape index (κ2) is 11.8. The van der Waals surface area contributed by atoms with E-state index in [1.807, 2.05) is 6.07 Å². The summed E-state index contributed by atoms with van der Waals surface area (Å²) in [4.78, 5) is 28.3. The Morgan fingerprint density at radius 1 is 1.08 bits per heavy atom. The summed E-state index contributed by atoms with van der Waals surface area (Å²) in [5.41, 5.74) is -0.166. The highest BCUT2D eigenvalue weighted by molar-refractivity contribution is 5.94. The van der Waals surface area contributed by atoms with Crippen molar-refractivity contribution in [1.82, 2.24) is 15.2 Å². The number of amides is 1. The lowest BCUT2D eigenvalue weighted by Gasteiger charge is -2.16. The molecule has 37 heavy (non-hydrogen) atoms. The van der Waals surface area contributed by atoms with Gasteiger partial charge in [0, 0.05) is 37.8 Å². The van der Waals surface area contributed by atoms with Crippen molar-refractivity contribution in [2.75, 3.05) is 27.7 Å². The number of nitriles is 1. The zero-order valence-corrected chi connectivity index (χ0v) is 20.0. The van der Waals surface area contributed by atoms with Gasteiger partial charge in [0.1, 0.15) is 5.75 Å². The van der Waals surface area contributed by atoms with Gasteiger partial charge in [-0.3, -0.25) is 9.59 Å². The van der Waals surface area contributed by atoms with Crippen molar-refractivity contribution in [3.8, 4) is 35.1 Å². The summed E-state index contributed by atoms with van der Waals surface area (Å²) in [5.74, 6) is -5.28. The number of carboxylic acid groups (broad SMARTS) is 1. The van der Waals surface area contributed by atoms with Crippen LogP contribution in [-0.4, -0.2) is 54.6 Å². The molecule has 0 radical (unpaired) electrons. The SMILES string of the molecule is COc1ccc(C#N)cc1Oc1nc(Oc2cccc(C(=O)N(C)C)c2)c(F)c(CNCC(=O)O)c1F. The molecule has 3 rings (SSSR count). The molecule has 0 aliphatic rings. The normalized spacial score (nSPS) is 10.4. The minimum Gasteiger partial charge on any atom is -0.493 e. The zero-order valence-electron chi connectivity index (χ0n) is 20.0. The molecular formula is C25H22F2N4O6. The van der Waals surface area contributed by atoms with Gasteiger partial charge in [0.05, 0.1) is 25.3 Å². The van der Waals surface area contributed by atoms with Crippen LogP contribution in [-0.2, 0) is 11.3 Å². The van der Waals surface area contributed by atoms with Gasteiger partial charge in [0.15, 0.2) is 23.1 Å². The Balaban J connectivity index is 2.07. The predicted molar refractivity (Wildman–Crippen MR) is 126 cm³/mol. The number of carboxylic acids is 1. The quantitative estimate of drug-likeness (QED) is 0.417. The summed E-state index contributed by atoms with van der Waals surface area (Å²) in [7, 11) is 4.46. The Morgan fingerprint density at radius 2 is 1.78 bits per heavy atom. The van der Waals surface area contributed by atoms with E-state index in [0.29, 0.717) is 0 Å². The molecule has 0 spiro atoms. The van der Waals surface area contributed by atoms with Crippen LogP contribution in [0.4, 0.5) is 8.78 Å². The highest BCUT2D eigenvalue weighted by Crippen LogP contribution is 2.37. The van der Waals surface area contributed by atoms with E-state index in [0.717, 1.165) is 0 Å². The largest absolute Gasteiger partial charge is 0.493 e. The molecule has 0 saturated heterocycles. The summed E-state index contributed by atoms with van der Waals surface area (Å²) < 4.78 is 46.9. The average molecular weight is 512 g/mol. The second-order valence-corrected chi connectivity index (χ2v) is 7.73. The average Bonchev–Trinajstić information content (AvgIpc) is 2.88. The maximum absolute atomic E-state index is 15.3. The van der Waals surface area contributed by atoms with Gasteiger partial charge in [-0.05, 0) is 30.3 Å². The Morgan fingerprint density at radius 3 is 2.41 bits per heavy atom. The van der Waals surface area contributed by atoms with E-state index in [1.54, 1.807) is 14.1 Å². The summed E-state index contributed by atoms with van der Waals surface area (Å²) in [6, 6.07) is 11.9. The topological polar surface area (TPSA) is 134 Å². The van der Waals surface area contributed by atoms with E-state index in [1.165, 1.54) is 54.5 Å². The Labute approximate surface area is 210 Å². The third-order valence-corrected chi connectivity index (χ3v) is 4.89. The third kappa shape index (κ3) is 6.47. The van der Waals surface area contributed by atoms with Gasteiger partial charge >= 0.3 is 5.97 Å². The molecular weight excluding hydrogens is 490 g/mol. The molecule has 1 amide bonds. The van der Waals surface area contributed by atoms with Crippen LogP contribution in [0.3, 0.4) is 0 Å². The summed E-state index contributed by atoms with van der Waals surface area (Å²) >= 11 is 0. The van der Waals surface area contributed by atoms with Crippen LogP contribution in [0.5, 0.6) is 29.0 Å². The highest BCUT2D eigenvalue weighted by Gasteiger charge is 2.25. The number of aromatic nitrogens is 1. The Hall–Kier alpha value is -4.76. The van der Waals surface area contributed by atoms with Gasteiger partial charge in [0.25, 0.3) is 17.7 Å². The molecule has 192 valence electrons. The fourth-order valence-corrected chi connectivity index (χ4v) is 3.12. The van der Waals surface area contributed by atoms with Crippen LogP contribution >= 0.6 is 0 Å². The molecule has 12 heteroatoms. The monoisotopic (exact) mass is 512 g/mol. The van der Waals surface area contributed by atoms with Crippen LogP contribution in [0.15, 0.2) is 42.5 Å². The molecule has 2 aromatic carbocycles. The lowest BCUT2D eigenvalue weighted by molar-refractivity contribution is -0.136. The summed E-state index contributed by atoms with van der Waals surface area (Å²) in [6.07, 6.45) is 0. The number of ether oxygens (including phenoxy) is 3. The molecule has 0 aliphatic carbocycles. The van der Waals surface area contributed by atoms with Gasteiger partial charge in [-0.25, -0.2) is 8.78 Å². The molecule has 3 aromatic rings. The van der Waals surface area contributed by atoms with Gasteiger partial charge < -0.3 is 29.5 Å². The number of benzene rings is 2. The van der Waals surface area contributed by atoms with Crippen LogP contribution in [0, 0.1) is 23.0 Å². The maximum Gasteiger partial charge on any atom is 0.317 e. The fraction of sp³-hybridized carbons (Fsp3) is 0.200. The lowest BCUT2D eigenvalue weighted by atomic mass is 10.2. The van der Waals surface area contributed by atoms with Crippen LogP contribution in [0.1, 0.15) is 21.5 Å². The molecule has 0 fully saturated rings. The predicted octanol–water partition coefficient (Wildman–Crippen LogP) is 3.70. The molecule has 1 heterocycles. The van der Waals surface area contributed by atoms with Gasteiger partial charge in [-0.15, -0.1) is 0 Å². The van der Waals surface area contributed by atoms with E-state index in [4.69, 9.17) is 19.3 Å². The molecule has 0 aliphatic heterocycles. The zero-order chi connectivity index (χ0) is 27.1. The highest BCUT2D eigenvalue weighted by atomic mass is 19.1. The lowest BCUT2D eigenvalue weighted by Crippen LogP contribution is -2.23. The number of hydrogen-bond acceptors (Lipinski definition) is 8. The Bertz CT molecular complexity index is 1370. The first kappa shape index (κ1) is 26.8. The molecule has 0 atom stereocenters. The smallest absolute Gasteiger partial charge is 0.317 e. The van der Waals surface area contributed by atoms with Gasteiger partial charge in [-0.2, -0.15) is 10.2 Å². The molecule has 10 nitrogen and oxygen atoms in total. The van der Waals surface area contributed by atoms with E-state index in [2.05, 4.69) is 10.3 Å². The molecule has 0 unspecified atom stereocenters. The van der Waals surface area contributed by atoms with Crippen LogP contribution < -0.4 is 19.5 Å². The number of nitrogens with zero attached hydrogens (tertiary/aromatic N) is 3. The minimum atomic E-state index is -1.23. The number of carbonyl (C=O) groups excluding carboxylic acids is 1. The number of halogens is 2. The maximum atomic E-state index is 15.3. The van der Waals surface area contributed by atoms with Crippen LogP contribution in [0.2, 0.25) is 0 Å².